The summed E-state index contributed by atoms with van der Waals surface area (Å²) in [7, 11) is 0. The third-order valence-electron chi connectivity index (χ3n) is 2.27. The van der Waals surface area contributed by atoms with Crippen molar-refractivity contribution >= 4 is 0 Å². The molecule has 1 saturated heterocycles. The van der Waals surface area contributed by atoms with Crippen LogP contribution in [0, 0.1) is 0 Å². The lowest BCUT2D eigenvalue weighted by Crippen LogP contribution is -2.49. The normalized spacial score (nSPS) is 30.7. The molecule has 1 heterocycles. The number of morpholine rings is 1. The van der Waals surface area contributed by atoms with Crippen molar-refractivity contribution in [2.45, 2.75) is 25.6 Å². The molecule has 1 aliphatic heterocycles. The van der Waals surface area contributed by atoms with Crippen molar-refractivity contribution in [1.29, 1.82) is 0 Å². The average Bonchev–Trinajstić information content (AvgIpc) is 2.14. The van der Waals surface area contributed by atoms with E-state index in [1.165, 1.54) is 0 Å². The number of hydrogen-bond donors (Lipinski definition) is 1. The summed E-state index contributed by atoms with van der Waals surface area (Å²) < 4.78 is 17.5. The molecule has 1 fully saturated rings. The van der Waals surface area contributed by atoms with E-state index in [4.69, 9.17) is 10.5 Å². The first-order chi connectivity index (χ1) is 6.26. The number of nitrogens with zero attached hydrogens (tertiary/aromatic N) is 1. The summed E-state index contributed by atoms with van der Waals surface area (Å²) in [5.41, 5.74) is 5.53. The van der Waals surface area contributed by atoms with Crippen LogP contribution in [0.2, 0.25) is 0 Å². The summed E-state index contributed by atoms with van der Waals surface area (Å²) >= 11 is 0. The molecule has 0 saturated carbocycles. The van der Waals surface area contributed by atoms with Crippen molar-refractivity contribution in [2.75, 3.05) is 32.9 Å². The first kappa shape index (κ1) is 10.9. The van der Waals surface area contributed by atoms with Crippen LogP contribution in [0.1, 0.15) is 13.3 Å². The van der Waals surface area contributed by atoms with Gasteiger partial charge in [0, 0.05) is 26.2 Å². The van der Waals surface area contributed by atoms with Gasteiger partial charge in [0.25, 0.3) is 0 Å². The quantitative estimate of drug-likeness (QED) is 0.697. The van der Waals surface area contributed by atoms with Gasteiger partial charge in [0.2, 0.25) is 0 Å². The van der Waals surface area contributed by atoms with Crippen molar-refractivity contribution in [1.82, 2.24) is 4.90 Å². The number of halogens is 1. The van der Waals surface area contributed by atoms with Gasteiger partial charge >= 0.3 is 0 Å². The molecular weight excluding hydrogens is 171 g/mol. The highest BCUT2D eigenvalue weighted by atomic mass is 19.1. The number of hydrogen-bond acceptors (Lipinski definition) is 3. The second-order valence-electron chi connectivity index (χ2n) is 3.61. The van der Waals surface area contributed by atoms with Crippen LogP contribution in [0.25, 0.3) is 0 Å². The maximum atomic E-state index is 11.9. The van der Waals surface area contributed by atoms with E-state index in [2.05, 4.69) is 4.90 Å². The molecule has 0 aromatic heterocycles. The van der Waals surface area contributed by atoms with Gasteiger partial charge in [-0.05, 0) is 13.3 Å². The minimum absolute atomic E-state index is 0.128. The Morgan fingerprint density at radius 3 is 2.92 bits per heavy atom. The van der Waals surface area contributed by atoms with E-state index < -0.39 is 0 Å². The molecule has 13 heavy (non-hydrogen) atoms. The first-order valence-corrected chi connectivity index (χ1v) is 4.90. The zero-order valence-corrected chi connectivity index (χ0v) is 8.21. The molecule has 0 radical (unpaired) electrons. The predicted octanol–water partition coefficient (Wildman–Crippen LogP) is 0.394. The van der Waals surface area contributed by atoms with Crippen LogP contribution in [0.4, 0.5) is 4.39 Å². The Hall–Kier alpha value is -0.190. The van der Waals surface area contributed by atoms with Crippen LogP contribution in [-0.2, 0) is 4.74 Å². The van der Waals surface area contributed by atoms with Gasteiger partial charge in [-0.15, -0.1) is 0 Å². The van der Waals surface area contributed by atoms with Gasteiger partial charge in [-0.2, -0.15) is 0 Å². The molecule has 2 N–H and O–H groups in total. The van der Waals surface area contributed by atoms with Gasteiger partial charge in [-0.25, -0.2) is 0 Å². The fourth-order valence-electron chi connectivity index (χ4n) is 1.74. The number of nitrogens with two attached hydrogens (primary N) is 1. The summed E-state index contributed by atoms with van der Waals surface area (Å²) in [5, 5.41) is 0. The minimum atomic E-state index is -0.237. The van der Waals surface area contributed by atoms with Crippen molar-refractivity contribution in [3.8, 4) is 0 Å². The lowest BCUT2D eigenvalue weighted by molar-refractivity contribution is -0.0723. The summed E-state index contributed by atoms with van der Waals surface area (Å²) in [4.78, 5) is 2.23. The molecule has 0 aliphatic carbocycles. The van der Waals surface area contributed by atoms with E-state index in [1.807, 2.05) is 6.92 Å². The molecule has 1 rings (SSSR count). The van der Waals surface area contributed by atoms with Gasteiger partial charge in [0.1, 0.15) is 0 Å². The fourth-order valence-corrected chi connectivity index (χ4v) is 1.74. The Bertz CT molecular complexity index is 146. The van der Waals surface area contributed by atoms with E-state index in [0.29, 0.717) is 13.0 Å². The molecular formula is C9H19FN2O. The molecule has 0 spiro atoms. The second kappa shape index (κ2) is 5.52. The Morgan fingerprint density at radius 2 is 2.31 bits per heavy atom. The topological polar surface area (TPSA) is 38.5 Å². The Labute approximate surface area is 79.0 Å². The monoisotopic (exact) mass is 190 g/mol. The Morgan fingerprint density at radius 1 is 1.54 bits per heavy atom. The predicted molar refractivity (Wildman–Crippen MR) is 50.4 cm³/mol. The summed E-state index contributed by atoms with van der Waals surface area (Å²) in [6, 6.07) is 0. The third-order valence-corrected chi connectivity index (χ3v) is 2.27. The molecule has 3 nitrogen and oxygen atoms in total. The molecule has 4 heteroatoms. The molecule has 1 aliphatic rings. The van der Waals surface area contributed by atoms with Gasteiger partial charge in [-0.1, -0.05) is 0 Å². The Kier molecular flexibility index (Phi) is 4.62. The van der Waals surface area contributed by atoms with Crippen LogP contribution < -0.4 is 5.73 Å². The maximum Gasteiger partial charge on any atom is 0.0906 e. The zero-order chi connectivity index (χ0) is 9.68. The van der Waals surface area contributed by atoms with E-state index in [-0.39, 0.29) is 18.9 Å². The molecule has 0 aromatic rings. The Balaban J connectivity index is 2.29. The van der Waals surface area contributed by atoms with E-state index in [0.717, 1.165) is 19.6 Å². The van der Waals surface area contributed by atoms with Gasteiger partial charge in [0.05, 0.1) is 18.9 Å². The standard InChI is InChI=1S/C9H19FN2O/c1-8-6-12(4-2-3-10)7-9(5-11)13-8/h8-9H,2-7,11H2,1H3. The first-order valence-electron chi connectivity index (χ1n) is 4.90. The average molecular weight is 190 g/mol. The highest BCUT2D eigenvalue weighted by Gasteiger charge is 2.23. The zero-order valence-electron chi connectivity index (χ0n) is 8.21. The third kappa shape index (κ3) is 3.58. The smallest absolute Gasteiger partial charge is 0.0906 e. The number of rotatable bonds is 4. The summed E-state index contributed by atoms with van der Waals surface area (Å²) in [6.45, 7) is 4.91. The van der Waals surface area contributed by atoms with Crippen molar-refractivity contribution in [2.24, 2.45) is 5.73 Å². The highest BCUT2D eigenvalue weighted by molar-refractivity contribution is 4.75. The maximum absolute atomic E-state index is 11.9. The van der Waals surface area contributed by atoms with Crippen LogP contribution in [-0.4, -0.2) is 50.0 Å². The molecule has 2 unspecified atom stereocenters. The molecule has 2 atom stereocenters. The minimum Gasteiger partial charge on any atom is -0.371 e. The molecule has 0 aromatic carbocycles. The highest BCUT2D eigenvalue weighted by Crippen LogP contribution is 2.10. The second-order valence-corrected chi connectivity index (χ2v) is 3.61. The van der Waals surface area contributed by atoms with E-state index in [9.17, 15) is 4.39 Å². The van der Waals surface area contributed by atoms with E-state index in [1.54, 1.807) is 0 Å². The number of alkyl halides is 1. The number of ether oxygens (including phenoxy) is 1. The van der Waals surface area contributed by atoms with Crippen LogP contribution >= 0.6 is 0 Å². The van der Waals surface area contributed by atoms with Crippen LogP contribution in [0.3, 0.4) is 0 Å². The van der Waals surface area contributed by atoms with Crippen molar-refractivity contribution in [3.63, 3.8) is 0 Å². The van der Waals surface area contributed by atoms with Crippen molar-refractivity contribution < 1.29 is 9.13 Å². The SMILES string of the molecule is CC1CN(CCCF)CC(CN)O1. The van der Waals surface area contributed by atoms with Crippen molar-refractivity contribution in [3.05, 3.63) is 0 Å². The summed E-state index contributed by atoms with van der Waals surface area (Å²) in [6.07, 6.45) is 0.967. The van der Waals surface area contributed by atoms with Crippen LogP contribution in [0.5, 0.6) is 0 Å². The molecule has 0 bridgehead atoms. The fraction of sp³-hybridized carbons (Fsp3) is 1.00. The van der Waals surface area contributed by atoms with Gasteiger partial charge in [0.15, 0.2) is 0 Å². The van der Waals surface area contributed by atoms with E-state index >= 15 is 0 Å². The van der Waals surface area contributed by atoms with Gasteiger partial charge < -0.3 is 10.5 Å². The summed E-state index contributed by atoms with van der Waals surface area (Å²) in [5.74, 6) is 0. The van der Waals surface area contributed by atoms with Gasteiger partial charge in [-0.3, -0.25) is 9.29 Å². The molecule has 78 valence electrons. The largest absolute Gasteiger partial charge is 0.371 e. The molecule has 0 amide bonds. The lowest BCUT2D eigenvalue weighted by Gasteiger charge is -2.36. The lowest BCUT2D eigenvalue weighted by atomic mass is 10.2. The van der Waals surface area contributed by atoms with Crippen LogP contribution in [0.15, 0.2) is 0 Å².